The minimum absolute atomic E-state index is 0.186. The van der Waals surface area contributed by atoms with Gasteiger partial charge >= 0.3 is 0 Å². The highest BCUT2D eigenvalue weighted by molar-refractivity contribution is 5.72. The summed E-state index contributed by atoms with van der Waals surface area (Å²) < 4.78 is 27.5. The number of benzene rings is 1. The number of nitrogens with one attached hydrogen (secondary N) is 1. The Morgan fingerprint density at radius 1 is 1.37 bits per heavy atom. The first-order valence-corrected chi connectivity index (χ1v) is 5.27. The molecule has 2 N–H and O–H groups in total. The molecule has 4 nitrogen and oxygen atoms in total. The molecule has 1 aromatic heterocycles. The van der Waals surface area contributed by atoms with Gasteiger partial charge in [0.2, 0.25) is 0 Å². The number of aromatic hydroxyl groups is 1. The van der Waals surface area contributed by atoms with Gasteiger partial charge in [0, 0.05) is 11.3 Å². The molecule has 6 heteroatoms. The second-order valence-corrected chi connectivity index (χ2v) is 3.94. The summed E-state index contributed by atoms with van der Waals surface area (Å²) in [4.78, 5) is 14.0. The van der Waals surface area contributed by atoms with Gasteiger partial charge in [-0.1, -0.05) is 0 Å². The van der Waals surface area contributed by atoms with Crippen LogP contribution in [-0.4, -0.2) is 10.1 Å². The number of aryl methyl sites for hydroxylation is 1. The number of phenols is 1. The molecule has 19 heavy (non-hydrogen) atoms. The summed E-state index contributed by atoms with van der Waals surface area (Å²) in [7, 11) is 0. The number of nitriles is 1. The smallest absolute Gasteiger partial charge is 0.266 e. The lowest BCUT2D eigenvalue weighted by atomic mass is 9.99. The van der Waals surface area contributed by atoms with E-state index in [0.717, 1.165) is 12.1 Å². The summed E-state index contributed by atoms with van der Waals surface area (Å²) >= 11 is 0. The molecule has 0 aliphatic carbocycles. The highest BCUT2D eigenvalue weighted by Gasteiger charge is 2.20. The van der Waals surface area contributed by atoms with Gasteiger partial charge in [-0.25, -0.2) is 8.78 Å². The minimum atomic E-state index is -1.21. The number of halogens is 2. The van der Waals surface area contributed by atoms with E-state index in [1.165, 1.54) is 13.0 Å². The number of hydrogen-bond donors (Lipinski definition) is 2. The molecular formula is C13H8F2N2O2. The Labute approximate surface area is 106 Å². The average molecular weight is 262 g/mol. The zero-order valence-corrected chi connectivity index (χ0v) is 9.79. The summed E-state index contributed by atoms with van der Waals surface area (Å²) in [6, 6.07) is 4.61. The van der Waals surface area contributed by atoms with E-state index in [2.05, 4.69) is 4.98 Å². The monoisotopic (exact) mass is 262 g/mol. The summed E-state index contributed by atoms with van der Waals surface area (Å²) in [6.07, 6.45) is 0. The number of phenolic OH excluding ortho intramolecular Hbond substituents is 1. The van der Waals surface area contributed by atoms with Crippen LogP contribution >= 0.6 is 0 Å². The second kappa shape index (κ2) is 4.53. The number of H-pyrrole nitrogens is 1. The lowest BCUT2D eigenvalue weighted by Gasteiger charge is -2.08. The Kier molecular flexibility index (Phi) is 3.05. The van der Waals surface area contributed by atoms with Crippen molar-refractivity contribution >= 4 is 0 Å². The lowest BCUT2D eigenvalue weighted by molar-refractivity contribution is 0.429. The summed E-state index contributed by atoms with van der Waals surface area (Å²) in [5, 5.41) is 18.2. The SMILES string of the molecule is Cc1cc(-c2c(F)ccc(O)c2F)c(C#N)c(=O)[nH]1. The first kappa shape index (κ1) is 12.8. The number of aromatic nitrogens is 1. The Balaban J connectivity index is 2.92. The van der Waals surface area contributed by atoms with Crippen molar-refractivity contribution in [1.29, 1.82) is 5.26 Å². The molecule has 1 heterocycles. The number of nitrogens with zero attached hydrogens (tertiary/aromatic N) is 1. The van der Waals surface area contributed by atoms with Crippen LogP contribution in [0, 0.1) is 29.9 Å². The van der Waals surface area contributed by atoms with Gasteiger partial charge < -0.3 is 10.1 Å². The molecule has 96 valence electrons. The molecule has 2 aromatic rings. The minimum Gasteiger partial charge on any atom is -0.505 e. The molecular weight excluding hydrogens is 254 g/mol. The van der Waals surface area contributed by atoms with Gasteiger partial charge in [-0.05, 0) is 25.1 Å². The molecule has 0 aliphatic heterocycles. The third kappa shape index (κ3) is 2.06. The van der Waals surface area contributed by atoms with Crippen LogP contribution in [0.4, 0.5) is 8.78 Å². The average Bonchev–Trinajstić information content (AvgIpc) is 2.34. The fraction of sp³-hybridized carbons (Fsp3) is 0.0769. The van der Waals surface area contributed by atoms with Crippen molar-refractivity contribution in [3.05, 3.63) is 51.4 Å². The third-order valence-corrected chi connectivity index (χ3v) is 2.62. The van der Waals surface area contributed by atoms with E-state index >= 15 is 0 Å². The third-order valence-electron chi connectivity index (χ3n) is 2.62. The maximum atomic E-state index is 13.8. The zero-order chi connectivity index (χ0) is 14.2. The topological polar surface area (TPSA) is 76.9 Å². The van der Waals surface area contributed by atoms with Gasteiger partial charge in [-0.15, -0.1) is 0 Å². The zero-order valence-electron chi connectivity index (χ0n) is 9.79. The molecule has 0 aliphatic rings. The van der Waals surface area contributed by atoms with E-state index in [9.17, 15) is 18.7 Å². The van der Waals surface area contributed by atoms with Gasteiger partial charge in [0.15, 0.2) is 11.6 Å². The molecule has 0 saturated carbocycles. The van der Waals surface area contributed by atoms with E-state index in [1.54, 1.807) is 6.07 Å². The maximum Gasteiger partial charge on any atom is 0.266 e. The van der Waals surface area contributed by atoms with Crippen LogP contribution in [0.15, 0.2) is 23.0 Å². The predicted octanol–water partition coefficient (Wildman–Crippen LogP) is 2.21. The first-order chi connectivity index (χ1) is 8.95. The van der Waals surface area contributed by atoms with Crippen molar-refractivity contribution in [2.45, 2.75) is 6.92 Å². The molecule has 2 rings (SSSR count). The number of pyridine rings is 1. The van der Waals surface area contributed by atoms with Gasteiger partial charge in [0.25, 0.3) is 5.56 Å². The van der Waals surface area contributed by atoms with E-state index in [-0.39, 0.29) is 5.56 Å². The van der Waals surface area contributed by atoms with Crippen LogP contribution in [0.1, 0.15) is 11.3 Å². The molecule has 0 bridgehead atoms. The van der Waals surface area contributed by atoms with Crippen molar-refractivity contribution in [2.75, 3.05) is 0 Å². The second-order valence-electron chi connectivity index (χ2n) is 3.94. The molecule has 0 spiro atoms. The Morgan fingerprint density at radius 2 is 2.05 bits per heavy atom. The quantitative estimate of drug-likeness (QED) is 0.827. The molecule has 0 unspecified atom stereocenters. The lowest BCUT2D eigenvalue weighted by Crippen LogP contribution is -2.13. The van der Waals surface area contributed by atoms with Crippen molar-refractivity contribution in [1.82, 2.24) is 4.98 Å². The van der Waals surface area contributed by atoms with Gasteiger partial charge in [-0.3, -0.25) is 4.79 Å². The molecule has 0 saturated heterocycles. The van der Waals surface area contributed by atoms with Gasteiger partial charge in [0.1, 0.15) is 17.4 Å². The largest absolute Gasteiger partial charge is 0.505 e. The van der Waals surface area contributed by atoms with Crippen LogP contribution < -0.4 is 5.56 Å². The first-order valence-electron chi connectivity index (χ1n) is 5.27. The highest BCUT2D eigenvalue weighted by atomic mass is 19.1. The Bertz CT molecular complexity index is 760. The van der Waals surface area contributed by atoms with Crippen molar-refractivity contribution < 1.29 is 13.9 Å². The van der Waals surface area contributed by atoms with E-state index < -0.39 is 34.1 Å². The number of hydrogen-bond acceptors (Lipinski definition) is 3. The summed E-state index contributed by atoms with van der Waals surface area (Å²) in [6.45, 7) is 1.52. The van der Waals surface area contributed by atoms with Crippen LogP contribution in [0.5, 0.6) is 5.75 Å². The van der Waals surface area contributed by atoms with Crippen molar-refractivity contribution in [3.8, 4) is 22.9 Å². The molecule has 0 radical (unpaired) electrons. The number of aromatic amines is 1. The normalized spacial score (nSPS) is 10.2. The fourth-order valence-corrected chi connectivity index (χ4v) is 1.79. The van der Waals surface area contributed by atoms with Crippen molar-refractivity contribution in [2.24, 2.45) is 0 Å². The van der Waals surface area contributed by atoms with E-state index in [0.29, 0.717) is 5.69 Å². The molecule has 0 atom stereocenters. The fourth-order valence-electron chi connectivity index (χ4n) is 1.79. The molecule has 1 aromatic carbocycles. The Hall–Kier alpha value is -2.68. The predicted molar refractivity (Wildman–Crippen MR) is 63.5 cm³/mol. The van der Waals surface area contributed by atoms with Crippen LogP contribution in [0.3, 0.4) is 0 Å². The molecule has 0 fully saturated rings. The highest BCUT2D eigenvalue weighted by Crippen LogP contribution is 2.32. The summed E-state index contributed by atoms with van der Waals surface area (Å²) in [5.74, 6) is -2.92. The molecule has 0 amide bonds. The van der Waals surface area contributed by atoms with Crippen molar-refractivity contribution in [3.63, 3.8) is 0 Å². The van der Waals surface area contributed by atoms with Crippen LogP contribution in [-0.2, 0) is 0 Å². The standard InChI is InChI=1S/C13H8F2N2O2/c1-6-4-7(8(5-16)13(19)17-6)11-9(14)2-3-10(18)12(11)15/h2-4,18H,1H3,(H,17,19). The van der Waals surface area contributed by atoms with E-state index in [4.69, 9.17) is 5.26 Å². The maximum absolute atomic E-state index is 13.8. The Morgan fingerprint density at radius 3 is 2.68 bits per heavy atom. The summed E-state index contributed by atoms with van der Waals surface area (Å²) in [5.41, 5.74) is -1.57. The van der Waals surface area contributed by atoms with Gasteiger partial charge in [0.05, 0.1) is 5.56 Å². The van der Waals surface area contributed by atoms with E-state index in [1.807, 2.05) is 0 Å². The van der Waals surface area contributed by atoms with Gasteiger partial charge in [-0.2, -0.15) is 5.26 Å². The number of rotatable bonds is 1. The van der Waals surface area contributed by atoms with Crippen LogP contribution in [0.2, 0.25) is 0 Å². The van der Waals surface area contributed by atoms with Crippen LogP contribution in [0.25, 0.3) is 11.1 Å².